The Morgan fingerprint density at radius 3 is 2.55 bits per heavy atom. The van der Waals surface area contributed by atoms with Gasteiger partial charge in [-0.3, -0.25) is 9.59 Å². The summed E-state index contributed by atoms with van der Waals surface area (Å²) in [6.07, 6.45) is 0.853. The highest BCUT2D eigenvalue weighted by molar-refractivity contribution is 6.30. The second kappa shape index (κ2) is 7.49. The lowest BCUT2D eigenvalue weighted by molar-refractivity contribution is -0.155. The van der Waals surface area contributed by atoms with Crippen LogP contribution in [-0.2, 0) is 9.59 Å². The van der Waals surface area contributed by atoms with Gasteiger partial charge in [-0.05, 0) is 37.6 Å². The van der Waals surface area contributed by atoms with Crippen LogP contribution >= 0.6 is 11.6 Å². The van der Waals surface area contributed by atoms with Crippen LogP contribution in [0.15, 0.2) is 24.3 Å². The van der Waals surface area contributed by atoms with E-state index >= 15 is 0 Å². The number of halogens is 1. The normalized spacial score (nSPS) is 18.8. The highest BCUT2D eigenvalue weighted by atomic mass is 35.5. The molecule has 2 amide bonds. The minimum Gasteiger partial charge on any atom is -0.492 e. The van der Waals surface area contributed by atoms with Crippen molar-refractivity contribution in [3.8, 4) is 5.75 Å². The van der Waals surface area contributed by atoms with Crippen LogP contribution in [0.4, 0.5) is 0 Å². The first kappa shape index (κ1) is 16.6. The predicted octanol–water partition coefficient (Wildman–Crippen LogP) is 2.19. The van der Waals surface area contributed by atoms with Crippen molar-refractivity contribution < 1.29 is 14.3 Å². The van der Waals surface area contributed by atoms with Crippen LogP contribution in [0.1, 0.15) is 20.3 Å². The predicted molar refractivity (Wildman–Crippen MR) is 85.0 cm³/mol. The first-order valence-electron chi connectivity index (χ1n) is 7.49. The van der Waals surface area contributed by atoms with E-state index in [1.54, 1.807) is 41.0 Å². The third kappa shape index (κ3) is 3.91. The summed E-state index contributed by atoms with van der Waals surface area (Å²) in [6.45, 7) is 5.30. The topological polar surface area (TPSA) is 49.9 Å². The molecule has 1 heterocycles. The molecule has 0 radical (unpaired) electrons. The Morgan fingerprint density at radius 1 is 1.23 bits per heavy atom. The Balaban J connectivity index is 1.88. The van der Waals surface area contributed by atoms with Gasteiger partial charge in [-0.25, -0.2) is 0 Å². The molecule has 0 aliphatic carbocycles. The van der Waals surface area contributed by atoms with E-state index in [2.05, 4.69) is 0 Å². The molecule has 1 saturated heterocycles. The molecule has 1 fully saturated rings. The van der Waals surface area contributed by atoms with E-state index in [1.807, 2.05) is 6.92 Å². The highest BCUT2D eigenvalue weighted by Crippen LogP contribution is 2.16. The summed E-state index contributed by atoms with van der Waals surface area (Å²) in [6, 6.07) is 6.62. The van der Waals surface area contributed by atoms with Crippen LogP contribution in [0.25, 0.3) is 0 Å². The second-order valence-electron chi connectivity index (χ2n) is 5.33. The van der Waals surface area contributed by atoms with Crippen molar-refractivity contribution in [2.45, 2.75) is 26.3 Å². The first-order chi connectivity index (χ1) is 10.5. The maximum absolute atomic E-state index is 12.2. The molecule has 0 unspecified atom stereocenters. The van der Waals surface area contributed by atoms with Crippen LogP contribution in [0.5, 0.6) is 5.75 Å². The van der Waals surface area contributed by atoms with E-state index in [1.165, 1.54) is 0 Å². The number of rotatable bonds is 6. The number of carbonyl (C=O) groups is 2. The van der Waals surface area contributed by atoms with Crippen molar-refractivity contribution in [1.82, 2.24) is 9.80 Å². The standard InChI is InChI=1S/C16H21ClN2O3/c1-3-8-18-11-15(20)19(12(2)16(18)21)9-10-22-14-6-4-13(17)5-7-14/h4-7,12H,3,8-11H2,1-2H3/t12-/m0/s1. The van der Waals surface area contributed by atoms with Gasteiger partial charge in [-0.2, -0.15) is 0 Å². The van der Waals surface area contributed by atoms with Crippen molar-refractivity contribution in [2.24, 2.45) is 0 Å². The molecule has 0 saturated carbocycles. The summed E-state index contributed by atoms with van der Waals surface area (Å²) in [5.41, 5.74) is 0. The molecule has 1 aromatic carbocycles. The summed E-state index contributed by atoms with van der Waals surface area (Å²) in [4.78, 5) is 27.6. The summed E-state index contributed by atoms with van der Waals surface area (Å²) in [7, 11) is 0. The molecule has 1 aromatic rings. The van der Waals surface area contributed by atoms with Crippen LogP contribution in [0, 0.1) is 0 Å². The summed E-state index contributed by atoms with van der Waals surface area (Å²) >= 11 is 5.81. The minimum absolute atomic E-state index is 0.00735. The van der Waals surface area contributed by atoms with E-state index < -0.39 is 6.04 Å². The van der Waals surface area contributed by atoms with Gasteiger partial charge in [0.1, 0.15) is 18.4 Å². The van der Waals surface area contributed by atoms with Crippen LogP contribution in [-0.4, -0.2) is 53.9 Å². The molecule has 2 rings (SSSR count). The van der Waals surface area contributed by atoms with Crippen LogP contribution < -0.4 is 4.74 Å². The third-order valence-corrected chi connectivity index (χ3v) is 3.94. The average Bonchev–Trinajstić information content (AvgIpc) is 2.50. The molecule has 0 bridgehead atoms. The average molecular weight is 325 g/mol. The minimum atomic E-state index is -0.429. The fraction of sp³-hybridized carbons (Fsp3) is 0.500. The van der Waals surface area contributed by atoms with E-state index in [4.69, 9.17) is 16.3 Å². The van der Waals surface area contributed by atoms with Crippen LogP contribution in [0.3, 0.4) is 0 Å². The van der Waals surface area contributed by atoms with Gasteiger partial charge >= 0.3 is 0 Å². The molecular weight excluding hydrogens is 304 g/mol. The van der Waals surface area contributed by atoms with Gasteiger partial charge in [0.15, 0.2) is 0 Å². The maximum Gasteiger partial charge on any atom is 0.245 e. The first-order valence-corrected chi connectivity index (χ1v) is 7.87. The summed E-state index contributed by atoms with van der Waals surface area (Å²) in [5, 5.41) is 0.647. The third-order valence-electron chi connectivity index (χ3n) is 3.69. The van der Waals surface area contributed by atoms with Crippen molar-refractivity contribution in [1.29, 1.82) is 0 Å². The number of hydrogen-bond acceptors (Lipinski definition) is 3. The molecule has 1 aliphatic rings. The number of amides is 2. The van der Waals surface area contributed by atoms with E-state index in [-0.39, 0.29) is 18.4 Å². The fourth-order valence-electron chi connectivity index (χ4n) is 2.52. The van der Waals surface area contributed by atoms with E-state index in [0.29, 0.717) is 30.5 Å². The zero-order chi connectivity index (χ0) is 16.1. The molecule has 22 heavy (non-hydrogen) atoms. The molecule has 1 atom stereocenters. The highest BCUT2D eigenvalue weighted by Gasteiger charge is 2.35. The SMILES string of the molecule is CCCN1CC(=O)N(CCOc2ccc(Cl)cc2)[C@@H](C)C1=O. The van der Waals surface area contributed by atoms with Gasteiger partial charge in [0, 0.05) is 11.6 Å². The molecule has 120 valence electrons. The summed E-state index contributed by atoms with van der Waals surface area (Å²) in [5.74, 6) is 0.675. The zero-order valence-corrected chi connectivity index (χ0v) is 13.7. The van der Waals surface area contributed by atoms with Gasteiger partial charge in [-0.15, -0.1) is 0 Å². The number of nitrogens with zero attached hydrogens (tertiary/aromatic N) is 2. The Kier molecular flexibility index (Phi) is 5.66. The quantitative estimate of drug-likeness (QED) is 0.806. The number of hydrogen-bond donors (Lipinski definition) is 0. The monoisotopic (exact) mass is 324 g/mol. The van der Waals surface area contributed by atoms with Crippen molar-refractivity contribution in [2.75, 3.05) is 26.2 Å². The fourth-order valence-corrected chi connectivity index (χ4v) is 2.64. The summed E-state index contributed by atoms with van der Waals surface area (Å²) < 4.78 is 5.59. The molecule has 0 aromatic heterocycles. The van der Waals surface area contributed by atoms with E-state index in [0.717, 1.165) is 6.42 Å². The maximum atomic E-state index is 12.2. The second-order valence-corrected chi connectivity index (χ2v) is 5.76. The van der Waals surface area contributed by atoms with Gasteiger partial charge < -0.3 is 14.5 Å². The lowest BCUT2D eigenvalue weighted by Gasteiger charge is -2.38. The number of piperazine rings is 1. The van der Waals surface area contributed by atoms with E-state index in [9.17, 15) is 9.59 Å². The lowest BCUT2D eigenvalue weighted by atomic mass is 10.1. The lowest BCUT2D eigenvalue weighted by Crippen LogP contribution is -2.59. The Hall–Kier alpha value is -1.75. The zero-order valence-electron chi connectivity index (χ0n) is 12.9. The molecule has 6 heteroatoms. The molecule has 1 aliphatic heterocycles. The Morgan fingerprint density at radius 2 is 1.91 bits per heavy atom. The van der Waals surface area contributed by atoms with Gasteiger partial charge in [-0.1, -0.05) is 18.5 Å². The number of ether oxygens (including phenoxy) is 1. The number of benzene rings is 1. The van der Waals surface area contributed by atoms with Crippen LogP contribution in [0.2, 0.25) is 5.02 Å². The molecular formula is C16H21ClN2O3. The van der Waals surface area contributed by atoms with Gasteiger partial charge in [0.25, 0.3) is 0 Å². The number of carbonyl (C=O) groups excluding carboxylic acids is 2. The van der Waals surface area contributed by atoms with Crippen molar-refractivity contribution >= 4 is 23.4 Å². The molecule has 5 nitrogen and oxygen atoms in total. The van der Waals surface area contributed by atoms with Gasteiger partial charge in [0.2, 0.25) is 11.8 Å². The smallest absolute Gasteiger partial charge is 0.245 e. The van der Waals surface area contributed by atoms with Gasteiger partial charge in [0.05, 0.1) is 13.1 Å². The Labute approximate surface area is 135 Å². The Bertz CT molecular complexity index is 533. The molecule has 0 spiro atoms. The largest absolute Gasteiger partial charge is 0.492 e. The van der Waals surface area contributed by atoms with Crippen molar-refractivity contribution in [3.05, 3.63) is 29.3 Å². The molecule has 0 N–H and O–H groups in total. The van der Waals surface area contributed by atoms with Crippen molar-refractivity contribution in [3.63, 3.8) is 0 Å².